The molecule has 2 atom stereocenters. The molecule has 1 saturated carbocycles. The van der Waals surface area contributed by atoms with Crippen LogP contribution in [0.3, 0.4) is 0 Å². The fourth-order valence-electron chi connectivity index (χ4n) is 2.80. The van der Waals surface area contributed by atoms with Crippen molar-refractivity contribution < 1.29 is 0 Å². The molecular weight excluding hydrogens is 266 g/mol. The van der Waals surface area contributed by atoms with Gasteiger partial charge in [0.05, 0.1) is 0 Å². The van der Waals surface area contributed by atoms with E-state index in [0.29, 0.717) is 23.8 Å². The fraction of sp³-hybridized carbons (Fsp3) is 0.571. The number of hydrogen-bond acceptors (Lipinski definition) is 6. The maximum Gasteiger partial charge on any atom is 0.241 e. The first-order valence-electron chi connectivity index (χ1n) is 7.42. The smallest absolute Gasteiger partial charge is 0.241 e. The van der Waals surface area contributed by atoms with Crippen LogP contribution in [0.25, 0.3) is 5.95 Å². The highest BCUT2D eigenvalue weighted by Crippen LogP contribution is 2.31. The second-order valence-corrected chi connectivity index (χ2v) is 5.55. The highest BCUT2D eigenvalue weighted by Gasteiger charge is 2.23. The molecule has 112 valence electrons. The highest BCUT2D eigenvalue weighted by molar-refractivity contribution is 5.37. The zero-order valence-electron chi connectivity index (χ0n) is 12.5. The van der Waals surface area contributed by atoms with E-state index in [2.05, 4.69) is 37.5 Å². The number of nitrogens with zero attached hydrogens (tertiary/aromatic N) is 5. The molecule has 0 spiro atoms. The highest BCUT2D eigenvalue weighted by atomic mass is 15.3. The lowest BCUT2D eigenvalue weighted by Crippen LogP contribution is -2.19. The molecule has 7 nitrogen and oxygen atoms in total. The Balaban J connectivity index is 1.76. The number of aromatic nitrogens is 5. The largest absolute Gasteiger partial charge is 0.357 e. The van der Waals surface area contributed by atoms with Gasteiger partial charge in [0.2, 0.25) is 17.8 Å². The molecule has 0 aliphatic heterocycles. The van der Waals surface area contributed by atoms with Crippen LogP contribution in [-0.2, 0) is 0 Å². The van der Waals surface area contributed by atoms with Crippen molar-refractivity contribution in [2.24, 2.45) is 11.8 Å². The van der Waals surface area contributed by atoms with Crippen LogP contribution in [0, 0.1) is 11.8 Å². The van der Waals surface area contributed by atoms with Gasteiger partial charge in [0.15, 0.2) is 0 Å². The summed E-state index contributed by atoms with van der Waals surface area (Å²) in [5.74, 6) is 3.20. The van der Waals surface area contributed by atoms with Crippen molar-refractivity contribution in [1.82, 2.24) is 24.5 Å². The van der Waals surface area contributed by atoms with Crippen LogP contribution in [0.1, 0.15) is 26.2 Å². The standard InChI is InChI=1S/C14H21N7/c1-10-4-3-5-11(10)8-17-13-18-12(15-2)19-14(20-13)21-7-6-16-9-21/h6-7,9-11H,3-5,8H2,1-2H3,(H2,15,17,18,19,20). The van der Waals surface area contributed by atoms with Gasteiger partial charge in [0.25, 0.3) is 0 Å². The average molecular weight is 287 g/mol. The summed E-state index contributed by atoms with van der Waals surface area (Å²) in [5, 5.41) is 6.33. The summed E-state index contributed by atoms with van der Waals surface area (Å²) in [6.07, 6.45) is 9.14. The topological polar surface area (TPSA) is 80.5 Å². The van der Waals surface area contributed by atoms with Gasteiger partial charge in [-0.05, 0) is 18.3 Å². The molecule has 1 aliphatic carbocycles. The van der Waals surface area contributed by atoms with Crippen LogP contribution < -0.4 is 10.6 Å². The Bertz CT molecular complexity index is 581. The Morgan fingerprint density at radius 3 is 2.76 bits per heavy atom. The van der Waals surface area contributed by atoms with Gasteiger partial charge in [-0.25, -0.2) is 4.98 Å². The quantitative estimate of drug-likeness (QED) is 0.875. The van der Waals surface area contributed by atoms with Gasteiger partial charge < -0.3 is 10.6 Å². The number of anilines is 2. The van der Waals surface area contributed by atoms with Gasteiger partial charge in [0, 0.05) is 26.0 Å². The summed E-state index contributed by atoms with van der Waals surface area (Å²) in [6, 6.07) is 0. The van der Waals surface area contributed by atoms with E-state index < -0.39 is 0 Å². The minimum absolute atomic E-state index is 0.552. The van der Waals surface area contributed by atoms with E-state index in [1.807, 2.05) is 6.20 Å². The Kier molecular flexibility index (Phi) is 3.98. The van der Waals surface area contributed by atoms with Crippen molar-refractivity contribution in [3.05, 3.63) is 18.7 Å². The number of hydrogen-bond donors (Lipinski definition) is 2. The van der Waals surface area contributed by atoms with Crippen LogP contribution in [0.15, 0.2) is 18.7 Å². The zero-order valence-corrected chi connectivity index (χ0v) is 12.5. The molecule has 2 aromatic heterocycles. The van der Waals surface area contributed by atoms with E-state index in [9.17, 15) is 0 Å². The first-order valence-corrected chi connectivity index (χ1v) is 7.42. The summed E-state index contributed by atoms with van der Waals surface area (Å²) >= 11 is 0. The van der Waals surface area contributed by atoms with Crippen molar-refractivity contribution in [1.29, 1.82) is 0 Å². The van der Waals surface area contributed by atoms with Crippen LogP contribution >= 0.6 is 0 Å². The van der Waals surface area contributed by atoms with E-state index in [1.54, 1.807) is 24.1 Å². The lowest BCUT2D eigenvalue weighted by atomic mass is 9.98. The minimum atomic E-state index is 0.552. The molecule has 2 heterocycles. The Morgan fingerprint density at radius 2 is 2.10 bits per heavy atom. The molecule has 2 aromatic rings. The summed E-state index contributed by atoms with van der Waals surface area (Å²) in [4.78, 5) is 17.2. The minimum Gasteiger partial charge on any atom is -0.357 e. The lowest BCUT2D eigenvalue weighted by Gasteiger charge is -2.16. The van der Waals surface area contributed by atoms with Gasteiger partial charge in [-0.3, -0.25) is 4.57 Å². The van der Waals surface area contributed by atoms with Crippen LogP contribution in [0.5, 0.6) is 0 Å². The number of nitrogens with one attached hydrogen (secondary N) is 2. The maximum atomic E-state index is 4.46. The molecule has 0 amide bonds. The molecule has 2 N–H and O–H groups in total. The Labute approximate surface area is 124 Å². The number of imidazole rings is 1. The first kappa shape index (κ1) is 13.8. The third-order valence-corrected chi connectivity index (χ3v) is 4.14. The first-order chi connectivity index (χ1) is 10.3. The van der Waals surface area contributed by atoms with Crippen molar-refractivity contribution in [2.75, 3.05) is 24.2 Å². The van der Waals surface area contributed by atoms with Crippen molar-refractivity contribution >= 4 is 11.9 Å². The van der Waals surface area contributed by atoms with Gasteiger partial charge in [0.1, 0.15) is 6.33 Å². The summed E-state index contributed by atoms with van der Waals surface area (Å²) in [5.41, 5.74) is 0. The van der Waals surface area contributed by atoms with Gasteiger partial charge in [-0.2, -0.15) is 15.0 Å². The molecule has 3 rings (SSSR count). The third kappa shape index (κ3) is 3.12. The van der Waals surface area contributed by atoms with Crippen molar-refractivity contribution in [3.8, 4) is 5.95 Å². The Hall–Kier alpha value is -2.18. The summed E-state index contributed by atoms with van der Waals surface area (Å²) in [6.45, 7) is 3.24. The molecule has 0 aromatic carbocycles. The second kappa shape index (κ2) is 6.07. The lowest BCUT2D eigenvalue weighted by molar-refractivity contribution is 0.439. The molecule has 2 unspecified atom stereocenters. The van der Waals surface area contributed by atoms with E-state index >= 15 is 0 Å². The predicted molar refractivity (Wildman–Crippen MR) is 81.5 cm³/mol. The van der Waals surface area contributed by atoms with E-state index in [0.717, 1.165) is 12.5 Å². The molecule has 7 heteroatoms. The number of rotatable bonds is 5. The summed E-state index contributed by atoms with van der Waals surface area (Å²) in [7, 11) is 1.80. The van der Waals surface area contributed by atoms with Crippen molar-refractivity contribution in [2.45, 2.75) is 26.2 Å². The molecule has 1 fully saturated rings. The molecule has 0 saturated heterocycles. The molecule has 0 radical (unpaired) electrons. The van der Waals surface area contributed by atoms with E-state index in [1.165, 1.54) is 19.3 Å². The van der Waals surface area contributed by atoms with Crippen LogP contribution in [0.4, 0.5) is 11.9 Å². The van der Waals surface area contributed by atoms with Crippen LogP contribution in [-0.4, -0.2) is 38.1 Å². The molecule has 1 aliphatic rings. The normalized spacial score (nSPS) is 21.4. The van der Waals surface area contributed by atoms with Gasteiger partial charge in [-0.1, -0.05) is 19.8 Å². The molecular formula is C14H21N7. The maximum absolute atomic E-state index is 4.46. The average Bonchev–Trinajstić information content (AvgIpc) is 3.16. The Morgan fingerprint density at radius 1 is 1.24 bits per heavy atom. The monoisotopic (exact) mass is 287 g/mol. The SMILES string of the molecule is CNc1nc(NCC2CCCC2C)nc(-n2ccnc2)n1. The van der Waals surface area contributed by atoms with Crippen LogP contribution in [0.2, 0.25) is 0 Å². The van der Waals surface area contributed by atoms with Gasteiger partial charge >= 0.3 is 0 Å². The van der Waals surface area contributed by atoms with E-state index in [-0.39, 0.29) is 0 Å². The predicted octanol–water partition coefficient (Wildman–Crippen LogP) is 1.95. The second-order valence-electron chi connectivity index (χ2n) is 5.55. The fourth-order valence-corrected chi connectivity index (χ4v) is 2.80. The third-order valence-electron chi connectivity index (χ3n) is 4.14. The van der Waals surface area contributed by atoms with Crippen molar-refractivity contribution in [3.63, 3.8) is 0 Å². The molecule has 21 heavy (non-hydrogen) atoms. The van der Waals surface area contributed by atoms with Gasteiger partial charge in [-0.15, -0.1) is 0 Å². The van der Waals surface area contributed by atoms with E-state index in [4.69, 9.17) is 0 Å². The molecule has 0 bridgehead atoms. The summed E-state index contributed by atoms with van der Waals surface area (Å²) < 4.78 is 1.77. The zero-order chi connectivity index (χ0) is 14.7.